The van der Waals surface area contributed by atoms with E-state index in [0.29, 0.717) is 0 Å². The molecule has 1 aromatic heterocycles. The first-order valence-electron chi connectivity index (χ1n) is 5.65. The molecule has 1 rings (SSSR count). The molecule has 0 fully saturated rings. The third-order valence-corrected chi connectivity index (χ3v) is 2.36. The zero-order valence-corrected chi connectivity index (χ0v) is 10.9. The van der Waals surface area contributed by atoms with Gasteiger partial charge in [0, 0.05) is 19.8 Å². The maximum absolute atomic E-state index is 9.39. The van der Waals surface area contributed by atoms with E-state index in [2.05, 4.69) is 30.7 Å². The van der Waals surface area contributed by atoms with Crippen LogP contribution >= 0.6 is 0 Å². The van der Waals surface area contributed by atoms with Gasteiger partial charge in [-0.2, -0.15) is 0 Å². The fourth-order valence-corrected chi connectivity index (χ4v) is 1.66. The molecule has 3 nitrogen and oxygen atoms in total. The maximum atomic E-state index is 9.39. The number of aromatic nitrogens is 1. The van der Waals surface area contributed by atoms with E-state index in [0.717, 1.165) is 17.9 Å². The zero-order valence-electron chi connectivity index (χ0n) is 10.9. The third-order valence-electron chi connectivity index (χ3n) is 2.36. The summed E-state index contributed by atoms with van der Waals surface area (Å²) >= 11 is 0. The highest BCUT2D eigenvalue weighted by Crippen LogP contribution is 2.19. The molecule has 1 N–H and O–H groups in total. The first-order chi connectivity index (χ1) is 7.29. The van der Waals surface area contributed by atoms with Gasteiger partial charge in [0.05, 0.1) is 6.10 Å². The van der Waals surface area contributed by atoms with Crippen molar-refractivity contribution in [3.8, 4) is 0 Å². The smallest absolute Gasteiger partial charge is 0.128 e. The number of aliphatic hydroxyl groups is 1. The van der Waals surface area contributed by atoms with E-state index in [4.69, 9.17) is 0 Å². The number of pyridine rings is 1. The molecule has 0 saturated carbocycles. The SMILES string of the molecule is C[C@@H](O)c1ccc(N(C)CC(C)(C)C)nc1. The van der Waals surface area contributed by atoms with Crippen LogP contribution in [-0.4, -0.2) is 23.7 Å². The molecule has 0 unspecified atom stereocenters. The Hall–Kier alpha value is -1.09. The quantitative estimate of drug-likeness (QED) is 0.854. The molecule has 0 aromatic carbocycles. The number of hydrogen-bond donors (Lipinski definition) is 1. The van der Waals surface area contributed by atoms with Crippen LogP contribution in [0.2, 0.25) is 0 Å². The van der Waals surface area contributed by atoms with Crippen molar-refractivity contribution < 1.29 is 5.11 Å². The van der Waals surface area contributed by atoms with Crippen molar-refractivity contribution in [1.82, 2.24) is 4.98 Å². The van der Waals surface area contributed by atoms with Gasteiger partial charge in [-0.25, -0.2) is 4.98 Å². The second-order valence-corrected chi connectivity index (χ2v) is 5.54. The van der Waals surface area contributed by atoms with E-state index in [9.17, 15) is 5.11 Å². The maximum Gasteiger partial charge on any atom is 0.128 e. The third kappa shape index (κ3) is 3.81. The lowest BCUT2D eigenvalue weighted by Crippen LogP contribution is -2.29. The lowest BCUT2D eigenvalue weighted by Gasteiger charge is -2.27. The van der Waals surface area contributed by atoms with Crippen molar-refractivity contribution in [2.24, 2.45) is 5.41 Å². The first kappa shape index (κ1) is 13.0. The summed E-state index contributed by atoms with van der Waals surface area (Å²) in [5, 5.41) is 9.39. The Labute approximate surface area is 98.1 Å². The van der Waals surface area contributed by atoms with Crippen molar-refractivity contribution in [1.29, 1.82) is 0 Å². The second-order valence-electron chi connectivity index (χ2n) is 5.54. The summed E-state index contributed by atoms with van der Waals surface area (Å²) in [4.78, 5) is 6.48. The summed E-state index contributed by atoms with van der Waals surface area (Å²) in [5.74, 6) is 0.944. The van der Waals surface area contributed by atoms with Crippen LogP contribution in [-0.2, 0) is 0 Å². The van der Waals surface area contributed by atoms with Crippen LogP contribution in [0.15, 0.2) is 18.3 Å². The van der Waals surface area contributed by atoms with Gasteiger partial charge in [-0.05, 0) is 24.0 Å². The molecular formula is C13H22N2O. The van der Waals surface area contributed by atoms with E-state index >= 15 is 0 Å². The highest BCUT2D eigenvalue weighted by atomic mass is 16.3. The van der Waals surface area contributed by atoms with Crippen LogP contribution in [0, 0.1) is 5.41 Å². The number of anilines is 1. The molecule has 1 aromatic rings. The Morgan fingerprint density at radius 1 is 1.38 bits per heavy atom. The highest BCUT2D eigenvalue weighted by molar-refractivity contribution is 5.38. The van der Waals surface area contributed by atoms with Gasteiger partial charge in [-0.15, -0.1) is 0 Å². The Morgan fingerprint density at radius 2 is 2.00 bits per heavy atom. The largest absolute Gasteiger partial charge is 0.389 e. The molecule has 1 heterocycles. The van der Waals surface area contributed by atoms with Crippen molar-refractivity contribution in [2.75, 3.05) is 18.5 Å². The van der Waals surface area contributed by atoms with Crippen LogP contribution in [0.3, 0.4) is 0 Å². The van der Waals surface area contributed by atoms with Gasteiger partial charge in [-0.3, -0.25) is 0 Å². The van der Waals surface area contributed by atoms with E-state index in [1.807, 2.05) is 19.2 Å². The first-order valence-corrected chi connectivity index (χ1v) is 5.65. The Kier molecular flexibility index (Phi) is 3.92. The van der Waals surface area contributed by atoms with Crippen molar-refractivity contribution in [3.63, 3.8) is 0 Å². The average molecular weight is 222 g/mol. The molecular weight excluding hydrogens is 200 g/mol. The van der Waals surface area contributed by atoms with E-state index in [1.165, 1.54) is 0 Å². The zero-order chi connectivity index (χ0) is 12.3. The lowest BCUT2D eigenvalue weighted by atomic mass is 9.96. The molecule has 0 amide bonds. The molecule has 0 spiro atoms. The monoisotopic (exact) mass is 222 g/mol. The van der Waals surface area contributed by atoms with Gasteiger partial charge in [0.2, 0.25) is 0 Å². The molecule has 0 aliphatic carbocycles. The summed E-state index contributed by atoms with van der Waals surface area (Å²) in [6.07, 6.45) is 1.29. The van der Waals surface area contributed by atoms with Gasteiger partial charge in [0.15, 0.2) is 0 Å². The molecule has 0 radical (unpaired) electrons. The number of aliphatic hydroxyl groups excluding tert-OH is 1. The minimum absolute atomic E-state index is 0.249. The summed E-state index contributed by atoms with van der Waals surface area (Å²) < 4.78 is 0. The predicted octanol–water partition coefficient (Wildman–Crippen LogP) is 2.62. The van der Waals surface area contributed by atoms with Crippen LogP contribution in [0.1, 0.15) is 39.4 Å². The van der Waals surface area contributed by atoms with Gasteiger partial charge < -0.3 is 10.0 Å². The molecule has 0 aliphatic heterocycles. The predicted molar refractivity (Wildman–Crippen MR) is 67.6 cm³/mol. The molecule has 0 saturated heterocycles. The van der Waals surface area contributed by atoms with Gasteiger partial charge in [-0.1, -0.05) is 26.8 Å². The van der Waals surface area contributed by atoms with E-state index in [-0.39, 0.29) is 5.41 Å². The van der Waals surface area contributed by atoms with Gasteiger partial charge in [0.25, 0.3) is 0 Å². The Balaban J connectivity index is 2.74. The topological polar surface area (TPSA) is 36.4 Å². The van der Waals surface area contributed by atoms with Crippen molar-refractivity contribution in [2.45, 2.75) is 33.8 Å². The van der Waals surface area contributed by atoms with E-state index in [1.54, 1.807) is 13.1 Å². The molecule has 0 bridgehead atoms. The number of nitrogens with zero attached hydrogens (tertiary/aromatic N) is 2. The number of hydrogen-bond acceptors (Lipinski definition) is 3. The minimum atomic E-state index is -0.450. The van der Waals surface area contributed by atoms with Crippen LogP contribution < -0.4 is 4.90 Å². The van der Waals surface area contributed by atoms with E-state index < -0.39 is 6.10 Å². The summed E-state index contributed by atoms with van der Waals surface area (Å²) in [5.41, 5.74) is 1.10. The molecule has 0 aliphatic rings. The van der Waals surface area contributed by atoms with Crippen molar-refractivity contribution >= 4 is 5.82 Å². The minimum Gasteiger partial charge on any atom is -0.389 e. The summed E-state index contributed by atoms with van der Waals surface area (Å²) in [7, 11) is 2.04. The lowest BCUT2D eigenvalue weighted by molar-refractivity contribution is 0.199. The normalized spacial score (nSPS) is 13.6. The Bertz CT molecular complexity index is 325. The van der Waals surface area contributed by atoms with Gasteiger partial charge >= 0.3 is 0 Å². The standard InChI is InChI=1S/C13H22N2O/c1-10(16)11-6-7-12(14-8-11)15(5)9-13(2,3)4/h6-8,10,16H,9H2,1-5H3/t10-/m1/s1. The molecule has 90 valence electrons. The Morgan fingerprint density at radius 3 is 2.38 bits per heavy atom. The average Bonchev–Trinajstić information content (AvgIpc) is 2.15. The molecule has 1 atom stereocenters. The van der Waals surface area contributed by atoms with Crippen LogP contribution in [0.4, 0.5) is 5.82 Å². The second kappa shape index (κ2) is 4.83. The molecule has 16 heavy (non-hydrogen) atoms. The number of rotatable bonds is 3. The van der Waals surface area contributed by atoms with Crippen LogP contribution in [0.5, 0.6) is 0 Å². The highest BCUT2D eigenvalue weighted by Gasteiger charge is 2.14. The van der Waals surface area contributed by atoms with Crippen molar-refractivity contribution in [3.05, 3.63) is 23.9 Å². The summed E-state index contributed by atoms with van der Waals surface area (Å²) in [6, 6.07) is 3.87. The fraction of sp³-hybridized carbons (Fsp3) is 0.615. The fourth-order valence-electron chi connectivity index (χ4n) is 1.66. The van der Waals surface area contributed by atoms with Gasteiger partial charge in [0.1, 0.15) is 5.82 Å². The molecule has 3 heteroatoms. The van der Waals surface area contributed by atoms with Crippen LogP contribution in [0.25, 0.3) is 0 Å². The summed E-state index contributed by atoms with van der Waals surface area (Å²) in [6.45, 7) is 9.30.